The molecule has 4 aromatic rings. The van der Waals surface area contributed by atoms with E-state index < -0.39 is 0 Å². The maximum Gasteiger partial charge on any atom is 0.277 e. The first-order chi connectivity index (χ1) is 11.8. The molecule has 0 spiro atoms. The first-order valence-electron chi connectivity index (χ1n) is 7.37. The number of rotatable bonds is 4. The first-order valence-corrected chi connectivity index (χ1v) is 8.20. The van der Waals surface area contributed by atoms with Crippen LogP contribution in [0.5, 0.6) is 0 Å². The molecule has 2 heterocycles. The highest BCUT2D eigenvalue weighted by atomic mass is 32.1. The number of carbonyl (C=O) groups excluding carboxylic acids is 1. The third-order valence-electron chi connectivity index (χ3n) is 3.68. The number of amides is 1. The van der Waals surface area contributed by atoms with E-state index in [1.165, 1.54) is 0 Å². The molecule has 0 radical (unpaired) electrons. The maximum absolute atomic E-state index is 11.9. The van der Waals surface area contributed by atoms with E-state index in [1.807, 2.05) is 48.8 Å². The predicted octanol–water partition coefficient (Wildman–Crippen LogP) is 3.19. The van der Waals surface area contributed by atoms with E-state index in [0.717, 1.165) is 40.4 Å². The molecular formula is C17H13N5OS. The summed E-state index contributed by atoms with van der Waals surface area (Å²) >= 11 is 1.15. The number of hydrogen-bond donors (Lipinski definition) is 1. The minimum absolute atomic E-state index is 0.253. The molecule has 0 unspecified atom stereocenters. The van der Waals surface area contributed by atoms with Crippen LogP contribution in [-0.2, 0) is 6.54 Å². The zero-order valence-corrected chi connectivity index (χ0v) is 13.4. The summed E-state index contributed by atoms with van der Waals surface area (Å²) in [5.74, 6) is -0.253. The number of benzene rings is 2. The minimum atomic E-state index is -0.253. The van der Waals surface area contributed by atoms with Crippen molar-refractivity contribution in [3.8, 4) is 0 Å². The third-order valence-corrected chi connectivity index (χ3v) is 4.19. The average Bonchev–Trinajstić information content (AvgIpc) is 3.27. The molecule has 118 valence electrons. The van der Waals surface area contributed by atoms with Crippen molar-refractivity contribution in [2.75, 3.05) is 5.32 Å². The van der Waals surface area contributed by atoms with Crippen LogP contribution in [0.2, 0.25) is 0 Å². The van der Waals surface area contributed by atoms with E-state index in [2.05, 4.69) is 30.5 Å². The van der Waals surface area contributed by atoms with Gasteiger partial charge in [-0.2, -0.15) is 0 Å². The van der Waals surface area contributed by atoms with Crippen LogP contribution in [-0.4, -0.2) is 25.0 Å². The largest absolute Gasteiger partial charge is 0.326 e. The Morgan fingerprint density at radius 1 is 1.12 bits per heavy atom. The molecule has 6 nitrogen and oxygen atoms in total. The Balaban J connectivity index is 1.49. The van der Waals surface area contributed by atoms with E-state index in [9.17, 15) is 4.79 Å². The SMILES string of the molecule is O=C(Nc1ccc(Cn2cnc3ccccc32)cc1)c1csnn1. The summed E-state index contributed by atoms with van der Waals surface area (Å²) < 4.78 is 5.79. The zero-order chi connectivity index (χ0) is 16.4. The second-order valence-corrected chi connectivity index (χ2v) is 5.91. The van der Waals surface area contributed by atoms with Gasteiger partial charge in [0.1, 0.15) is 0 Å². The number of imidazole rings is 1. The molecule has 0 saturated carbocycles. The zero-order valence-electron chi connectivity index (χ0n) is 12.6. The minimum Gasteiger partial charge on any atom is -0.326 e. The smallest absolute Gasteiger partial charge is 0.277 e. The molecule has 0 atom stereocenters. The molecular weight excluding hydrogens is 322 g/mol. The Bertz CT molecular complexity index is 976. The fourth-order valence-corrected chi connectivity index (χ4v) is 2.92. The summed E-state index contributed by atoms with van der Waals surface area (Å²) in [7, 11) is 0. The summed E-state index contributed by atoms with van der Waals surface area (Å²) in [6, 6.07) is 15.8. The predicted molar refractivity (Wildman–Crippen MR) is 93.1 cm³/mol. The summed E-state index contributed by atoms with van der Waals surface area (Å²) in [6.07, 6.45) is 1.84. The second kappa shape index (κ2) is 6.21. The van der Waals surface area contributed by atoms with Gasteiger partial charge in [0.05, 0.1) is 17.4 Å². The lowest BCUT2D eigenvalue weighted by Crippen LogP contribution is -2.12. The summed E-state index contributed by atoms with van der Waals surface area (Å²) in [4.78, 5) is 16.3. The fraction of sp³-hybridized carbons (Fsp3) is 0.0588. The van der Waals surface area contributed by atoms with Crippen molar-refractivity contribution in [2.24, 2.45) is 0 Å². The summed E-state index contributed by atoms with van der Waals surface area (Å²) in [5.41, 5.74) is 4.27. The highest BCUT2D eigenvalue weighted by Gasteiger charge is 2.09. The maximum atomic E-state index is 11.9. The topological polar surface area (TPSA) is 72.7 Å². The first kappa shape index (κ1) is 14.5. The highest BCUT2D eigenvalue weighted by molar-refractivity contribution is 7.03. The van der Waals surface area contributed by atoms with Crippen LogP contribution in [0.4, 0.5) is 5.69 Å². The van der Waals surface area contributed by atoms with Crippen LogP contribution in [0, 0.1) is 0 Å². The summed E-state index contributed by atoms with van der Waals surface area (Å²) in [5, 5.41) is 8.18. The Morgan fingerprint density at radius 3 is 2.75 bits per heavy atom. The van der Waals surface area contributed by atoms with Gasteiger partial charge in [0.25, 0.3) is 5.91 Å². The second-order valence-electron chi connectivity index (χ2n) is 5.30. The number of aromatic nitrogens is 4. The molecule has 0 aliphatic rings. The van der Waals surface area contributed by atoms with Crippen LogP contribution < -0.4 is 5.32 Å². The van der Waals surface area contributed by atoms with Crippen LogP contribution in [0.1, 0.15) is 16.1 Å². The van der Waals surface area contributed by atoms with Crippen molar-refractivity contribution in [1.29, 1.82) is 0 Å². The number of nitrogens with zero attached hydrogens (tertiary/aromatic N) is 4. The van der Waals surface area contributed by atoms with E-state index in [0.29, 0.717) is 5.69 Å². The van der Waals surface area contributed by atoms with Crippen LogP contribution in [0.25, 0.3) is 11.0 Å². The van der Waals surface area contributed by atoms with E-state index in [4.69, 9.17) is 0 Å². The standard InChI is InChI=1S/C17H13N5OS/c23-17(15-10-24-21-20-15)19-13-7-5-12(6-8-13)9-22-11-18-14-3-1-2-4-16(14)22/h1-8,10-11H,9H2,(H,19,23). The van der Waals surface area contributed by atoms with Crippen molar-refractivity contribution < 1.29 is 4.79 Å². The van der Waals surface area contributed by atoms with Crippen LogP contribution in [0.15, 0.2) is 60.2 Å². The Kier molecular flexibility index (Phi) is 3.76. The molecule has 24 heavy (non-hydrogen) atoms. The highest BCUT2D eigenvalue weighted by Crippen LogP contribution is 2.16. The lowest BCUT2D eigenvalue weighted by atomic mass is 10.2. The van der Waals surface area contributed by atoms with Gasteiger partial charge in [-0.05, 0) is 41.4 Å². The average molecular weight is 335 g/mol. The molecule has 2 aromatic heterocycles. The molecule has 2 aromatic carbocycles. The number of hydrogen-bond acceptors (Lipinski definition) is 5. The van der Waals surface area contributed by atoms with E-state index in [1.54, 1.807) is 5.38 Å². The number of para-hydroxylation sites is 2. The lowest BCUT2D eigenvalue weighted by Gasteiger charge is -2.07. The van der Waals surface area contributed by atoms with Gasteiger partial charge in [-0.25, -0.2) is 4.98 Å². The van der Waals surface area contributed by atoms with Crippen LogP contribution >= 0.6 is 11.5 Å². The van der Waals surface area contributed by atoms with Gasteiger partial charge in [-0.1, -0.05) is 28.8 Å². The van der Waals surface area contributed by atoms with Crippen molar-refractivity contribution in [3.63, 3.8) is 0 Å². The van der Waals surface area contributed by atoms with Crippen LogP contribution in [0.3, 0.4) is 0 Å². The molecule has 0 aliphatic heterocycles. The molecule has 1 N–H and O–H groups in total. The number of fused-ring (bicyclic) bond motifs is 1. The van der Waals surface area contributed by atoms with Gasteiger partial charge in [0, 0.05) is 17.6 Å². The van der Waals surface area contributed by atoms with E-state index >= 15 is 0 Å². The molecule has 1 amide bonds. The normalized spacial score (nSPS) is 10.8. The number of nitrogens with one attached hydrogen (secondary N) is 1. The Labute approximate surface area is 141 Å². The molecule has 7 heteroatoms. The molecule has 0 aliphatic carbocycles. The van der Waals surface area contributed by atoms with Crippen molar-refractivity contribution in [1.82, 2.24) is 19.1 Å². The summed E-state index contributed by atoms with van der Waals surface area (Å²) in [6.45, 7) is 0.727. The van der Waals surface area contributed by atoms with Gasteiger partial charge in [-0.3, -0.25) is 4.79 Å². The van der Waals surface area contributed by atoms with Gasteiger partial charge in [0.15, 0.2) is 5.69 Å². The van der Waals surface area contributed by atoms with Gasteiger partial charge >= 0.3 is 0 Å². The number of carbonyl (C=O) groups is 1. The van der Waals surface area contributed by atoms with Gasteiger partial charge < -0.3 is 9.88 Å². The quantitative estimate of drug-likeness (QED) is 0.622. The third kappa shape index (κ3) is 2.89. The van der Waals surface area contributed by atoms with Gasteiger partial charge in [0.2, 0.25) is 0 Å². The lowest BCUT2D eigenvalue weighted by molar-refractivity contribution is 0.102. The van der Waals surface area contributed by atoms with E-state index in [-0.39, 0.29) is 5.91 Å². The van der Waals surface area contributed by atoms with Gasteiger partial charge in [-0.15, -0.1) is 5.10 Å². The number of anilines is 1. The van der Waals surface area contributed by atoms with Crippen molar-refractivity contribution >= 4 is 34.2 Å². The monoisotopic (exact) mass is 335 g/mol. The molecule has 0 fully saturated rings. The molecule has 4 rings (SSSR count). The van der Waals surface area contributed by atoms with Crippen molar-refractivity contribution in [3.05, 3.63) is 71.5 Å². The Hall–Kier alpha value is -3.06. The fourth-order valence-electron chi connectivity index (χ4n) is 2.49. The molecule has 0 saturated heterocycles. The molecule has 0 bridgehead atoms. The Morgan fingerprint density at radius 2 is 1.96 bits per heavy atom. The van der Waals surface area contributed by atoms with Crippen molar-refractivity contribution in [2.45, 2.75) is 6.54 Å².